The van der Waals surface area contributed by atoms with Gasteiger partial charge in [0.1, 0.15) is 5.82 Å². The summed E-state index contributed by atoms with van der Waals surface area (Å²) in [6, 6.07) is 6.59. The number of benzene rings is 1. The zero-order chi connectivity index (χ0) is 11.6. The van der Waals surface area contributed by atoms with E-state index in [4.69, 9.17) is 0 Å². The average molecular weight is 223 g/mol. The van der Waals surface area contributed by atoms with Crippen molar-refractivity contribution in [3.8, 4) is 0 Å². The Balaban J connectivity index is 2.05. The predicted octanol–water partition coefficient (Wildman–Crippen LogP) is 2.42. The van der Waals surface area contributed by atoms with Crippen molar-refractivity contribution in [3.05, 3.63) is 30.1 Å². The Bertz CT molecular complexity index is 357. The first kappa shape index (κ1) is 11.4. The Kier molecular flexibility index (Phi) is 3.15. The Morgan fingerprint density at radius 2 is 2.19 bits per heavy atom. The van der Waals surface area contributed by atoms with Crippen LogP contribution >= 0.6 is 0 Å². The summed E-state index contributed by atoms with van der Waals surface area (Å²) in [5, 5.41) is 9.39. The van der Waals surface area contributed by atoms with Crippen molar-refractivity contribution in [1.29, 1.82) is 0 Å². The minimum atomic E-state index is -0.212. The van der Waals surface area contributed by atoms with E-state index in [2.05, 4.69) is 0 Å². The van der Waals surface area contributed by atoms with E-state index in [1.807, 2.05) is 18.0 Å². The number of nitrogens with zero attached hydrogens (tertiary/aromatic N) is 1. The molecule has 1 aromatic carbocycles. The zero-order valence-electron chi connectivity index (χ0n) is 9.62. The molecule has 88 valence electrons. The van der Waals surface area contributed by atoms with Gasteiger partial charge in [0, 0.05) is 24.7 Å². The molecule has 1 fully saturated rings. The molecule has 0 radical (unpaired) electrons. The van der Waals surface area contributed by atoms with Crippen molar-refractivity contribution >= 4 is 5.69 Å². The molecule has 0 heterocycles. The van der Waals surface area contributed by atoms with E-state index in [9.17, 15) is 9.50 Å². The van der Waals surface area contributed by atoms with Crippen LogP contribution in [0.15, 0.2) is 24.3 Å². The normalized spacial score (nSPS) is 17.9. The fraction of sp³-hybridized carbons (Fsp3) is 0.538. The third kappa shape index (κ3) is 2.19. The summed E-state index contributed by atoms with van der Waals surface area (Å²) in [4.78, 5) is 2.03. The van der Waals surface area contributed by atoms with Gasteiger partial charge in [-0.05, 0) is 31.0 Å². The molecule has 1 aliphatic carbocycles. The van der Waals surface area contributed by atoms with Crippen LogP contribution in [0.5, 0.6) is 0 Å². The highest BCUT2D eigenvalue weighted by Crippen LogP contribution is 2.41. The van der Waals surface area contributed by atoms with Crippen LogP contribution in [0.3, 0.4) is 0 Å². The molecule has 1 aliphatic rings. The monoisotopic (exact) mass is 223 g/mol. The number of aliphatic hydroxyl groups is 1. The Hall–Kier alpha value is -1.09. The Morgan fingerprint density at radius 1 is 1.44 bits per heavy atom. The van der Waals surface area contributed by atoms with Gasteiger partial charge >= 0.3 is 0 Å². The summed E-state index contributed by atoms with van der Waals surface area (Å²) in [6.45, 7) is 1.03. The maximum atomic E-state index is 13.1. The minimum absolute atomic E-state index is 0.0427. The fourth-order valence-corrected chi connectivity index (χ4v) is 2.35. The van der Waals surface area contributed by atoms with E-state index in [0.29, 0.717) is 0 Å². The second-order valence-electron chi connectivity index (χ2n) is 4.85. The number of rotatable bonds is 4. The van der Waals surface area contributed by atoms with Crippen LogP contribution in [-0.4, -0.2) is 25.3 Å². The SMILES string of the molecule is CN(CC1(CO)CCC1)c1cccc(F)c1. The van der Waals surface area contributed by atoms with Crippen molar-refractivity contribution in [2.75, 3.05) is 25.1 Å². The van der Waals surface area contributed by atoms with E-state index < -0.39 is 0 Å². The fourth-order valence-electron chi connectivity index (χ4n) is 2.35. The van der Waals surface area contributed by atoms with Gasteiger partial charge in [0.25, 0.3) is 0 Å². The second kappa shape index (κ2) is 4.42. The lowest BCUT2D eigenvalue weighted by Crippen LogP contribution is -2.43. The Morgan fingerprint density at radius 3 is 2.69 bits per heavy atom. The van der Waals surface area contributed by atoms with Gasteiger partial charge in [0.15, 0.2) is 0 Å². The molecule has 0 atom stereocenters. The molecule has 0 aromatic heterocycles. The van der Waals surface area contributed by atoms with Crippen molar-refractivity contribution in [3.63, 3.8) is 0 Å². The van der Waals surface area contributed by atoms with E-state index in [0.717, 1.165) is 25.1 Å². The summed E-state index contributed by atoms with van der Waals surface area (Å²) in [6.07, 6.45) is 3.34. The van der Waals surface area contributed by atoms with E-state index in [1.165, 1.54) is 18.6 Å². The zero-order valence-corrected chi connectivity index (χ0v) is 9.62. The molecular formula is C13H18FNO. The molecule has 0 unspecified atom stereocenters. The van der Waals surface area contributed by atoms with Crippen LogP contribution in [0, 0.1) is 11.2 Å². The van der Waals surface area contributed by atoms with Gasteiger partial charge in [0.05, 0.1) is 6.61 Å². The van der Waals surface area contributed by atoms with Crippen molar-refractivity contribution < 1.29 is 9.50 Å². The number of aliphatic hydroxyl groups excluding tert-OH is 1. The molecule has 16 heavy (non-hydrogen) atoms. The van der Waals surface area contributed by atoms with Crippen LogP contribution in [0.2, 0.25) is 0 Å². The highest BCUT2D eigenvalue weighted by atomic mass is 19.1. The van der Waals surface area contributed by atoms with Gasteiger partial charge < -0.3 is 10.0 Å². The molecule has 3 heteroatoms. The summed E-state index contributed by atoms with van der Waals surface area (Å²) in [7, 11) is 1.95. The maximum absolute atomic E-state index is 13.1. The molecule has 1 aromatic rings. The van der Waals surface area contributed by atoms with Gasteiger partial charge in [0.2, 0.25) is 0 Å². The lowest BCUT2D eigenvalue weighted by Gasteiger charge is -2.43. The van der Waals surface area contributed by atoms with Crippen molar-refractivity contribution in [1.82, 2.24) is 0 Å². The predicted molar refractivity (Wildman–Crippen MR) is 63.0 cm³/mol. The number of hydrogen-bond donors (Lipinski definition) is 1. The first-order chi connectivity index (χ1) is 7.65. The largest absolute Gasteiger partial charge is 0.396 e. The quantitative estimate of drug-likeness (QED) is 0.847. The number of halogens is 1. The third-order valence-electron chi connectivity index (χ3n) is 3.57. The first-order valence-electron chi connectivity index (χ1n) is 5.73. The van der Waals surface area contributed by atoms with E-state index in [-0.39, 0.29) is 17.8 Å². The highest BCUT2D eigenvalue weighted by molar-refractivity contribution is 5.45. The van der Waals surface area contributed by atoms with Gasteiger partial charge in [-0.3, -0.25) is 0 Å². The van der Waals surface area contributed by atoms with Crippen LogP contribution < -0.4 is 4.90 Å². The number of hydrogen-bond acceptors (Lipinski definition) is 2. The van der Waals surface area contributed by atoms with Crippen LogP contribution in [0.4, 0.5) is 10.1 Å². The molecule has 0 saturated heterocycles. The standard InChI is InChI=1S/C13H18FNO/c1-15(9-13(10-16)6-3-7-13)12-5-2-4-11(14)8-12/h2,4-5,8,16H,3,6-7,9-10H2,1H3. The van der Waals surface area contributed by atoms with Crippen LogP contribution in [-0.2, 0) is 0 Å². The summed E-state index contributed by atoms with van der Waals surface area (Å²) >= 11 is 0. The highest BCUT2D eigenvalue weighted by Gasteiger charge is 2.37. The van der Waals surface area contributed by atoms with Crippen molar-refractivity contribution in [2.24, 2.45) is 5.41 Å². The molecule has 2 nitrogen and oxygen atoms in total. The summed E-state index contributed by atoms with van der Waals surface area (Å²) < 4.78 is 13.1. The van der Waals surface area contributed by atoms with Gasteiger partial charge in [-0.1, -0.05) is 12.5 Å². The molecule has 0 spiro atoms. The molecule has 1 N–H and O–H groups in total. The van der Waals surface area contributed by atoms with Crippen LogP contribution in [0.1, 0.15) is 19.3 Å². The Labute approximate surface area is 95.7 Å². The number of anilines is 1. The lowest BCUT2D eigenvalue weighted by molar-refractivity contribution is 0.0524. The van der Waals surface area contributed by atoms with Crippen LogP contribution in [0.25, 0.3) is 0 Å². The topological polar surface area (TPSA) is 23.5 Å². The van der Waals surface area contributed by atoms with Gasteiger partial charge in [-0.25, -0.2) is 4.39 Å². The average Bonchev–Trinajstić information content (AvgIpc) is 2.23. The second-order valence-corrected chi connectivity index (χ2v) is 4.85. The van der Waals surface area contributed by atoms with Gasteiger partial charge in [-0.15, -0.1) is 0 Å². The smallest absolute Gasteiger partial charge is 0.125 e. The molecule has 0 aliphatic heterocycles. The first-order valence-corrected chi connectivity index (χ1v) is 5.73. The van der Waals surface area contributed by atoms with Crippen molar-refractivity contribution in [2.45, 2.75) is 19.3 Å². The molecular weight excluding hydrogens is 205 g/mol. The molecule has 2 rings (SSSR count). The summed E-state index contributed by atoms with van der Waals surface area (Å²) in [5.74, 6) is -0.212. The van der Waals surface area contributed by atoms with E-state index >= 15 is 0 Å². The summed E-state index contributed by atoms with van der Waals surface area (Å²) in [5.41, 5.74) is 0.917. The maximum Gasteiger partial charge on any atom is 0.125 e. The third-order valence-corrected chi connectivity index (χ3v) is 3.57. The molecule has 0 amide bonds. The molecule has 1 saturated carbocycles. The molecule has 0 bridgehead atoms. The minimum Gasteiger partial charge on any atom is -0.396 e. The lowest BCUT2D eigenvalue weighted by atomic mass is 9.69. The van der Waals surface area contributed by atoms with E-state index in [1.54, 1.807) is 6.07 Å². The van der Waals surface area contributed by atoms with Gasteiger partial charge in [-0.2, -0.15) is 0 Å².